The van der Waals surface area contributed by atoms with E-state index >= 15 is 0 Å². The van der Waals surface area contributed by atoms with Crippen LogP contribution in [-0.2, 0) is 27.3 Å². The Morgan fingerprint density at radius 1 is 1.05 bits per heavy atom. The van der Waals surface area contributed by atoms with Crippen molar-refractivity contribution in [3.8, 4) is 11.4 Å². The van der Waals surface area contributed by atoms with Crippen molar-refractivity contribution in [2.24, 2.45) is 0 Å². The number of nitrogens with zero attached hydrogens (tertiary/aromatic N) is 3. The number of hydrogen-bond acceptors (Lipinski definition) is 5. The fraction of sp³-hybridized carbons (Fsp3) is 0.348. The van der Waals surface area contributed by atoms with Gasteiger partial charge in [-0.25, -0.2) is 0 Å². The summed E-state index contributed by atoms with van der Waals surface area (Å²) in [4.78, 5) is 11.6. The summed E-state index contributed by atoms with van der Waals surface area (Å²) in [5, 5.41) is 11.9. The Morgan fingerprint density at radius 2 is 1.74 bits per heavy atom. The van der Waals surface area contributed by atoms with Crippen molar-refractivity contribution in [3.05, 3.63) is 70.3 Å². The van der Waals surface area contributed by atoms with Crippen LogP contribution in [0.2, 0.25) is 0 Å². The molecule has 0 fully saturated rings. The Balaban J connectivity index is 2.11. The maximum atomic E-state index is 14.3. The van der Waals surface area contributed by atoms with E-state index < -0.39 is 87.7 Å². The minimum absolute atomic E-state index is 0.205. The molecular formula is C23H16ClF8N3O4. The van der Waals surface area contributed by atoms with Crippen molar-refractivity contribution in [2.75, 3.05) is 6.61 Å². The topological polar surface area (TPSA) is 86.5 Å². The molecule has 0 unspecified atom stereocenters. The first-order valence-corrected chi connectivity index (χ1v) is 11.4. The number of carbonyl (C=O) groups is 1. The third-order valence-corrected chi connectivity index (χ3v) is 5.86. The molecule has 39 heavy (non-hydrogen) atoms. The molecule has 0 saturated carbocycles. The first-order chi connectivity index (χ1) is 18.0. The second kappa shape index (κ2) is 9.93. The number of carboxylic acid groups (broad SMARTS) is 1. The highest BCUT2D eigenvalue weighted by Gasteiger charge is 2.45. The van der Waals surface area contributed by atoms with Gasteiger partial charge in [0.2, 0.25) is 5.82 Å². The monoisotopic (exact) mass is 585 g/mol. The summed E-state index contributed by atoms with van der Waals surface area (Å²) in [7, 11) is 0. The first kappa shape index (κ1) is 28.5. The Bertz CT molecular complexity index is 1400. The van der Waals surface area contributed by atoms with Crippen LogP contribution in [0.1, 0.15) is 59.5 Å². The van der Waals surface area contributed by atoms with E-state index in [-0.39, 0.29) is 6.61 Å². The van der Waals surface area contributed by atoms with E-state index in [1.54, 1.807) is 0 Å². The Hall–Kier alpha value is -3.46. The SMILES string of the molecule is CCOc1cccc([C@H]2O[C@H](CC(=O)O)c3nnc(C(F)(F)Cl)n3-c3ccc(C(F)(F)F)cc32)c1C(F)(F)F. The molecule has 2 aromatic carbocycles. The van der Waals surface area contributed by atoms with Crippen LogP contribution in [0.5, 0.6) is 5.75 Å². The fourth-order valence-corrected chi connectivity index (χ4v) is 4.38. The van der Waals surface area contributed by atoms with Crippen LogP contribution in [0.4, 0.5) is 35.1 Å². The van der Waals surface area contributed by atoms with Crippen molar-refractivity contribution in [2.45, 2.75) is 43.3 Å². The summed E-state index contributed by atoms with van der Waals surface area (Å²) in [6, 6.07) is 4.67. The largest absolute Gasteiger partial charge is 0.493 e. The highest BCUT2D eigenvalue weighted by molar-refractivity contribution is 6.21. The summed E-state index contributed by atoms with van der Waals surface area (Å²) in [6.07, 6.45) is -15.0. The fourth-order valence-electron chi connectivity index (χ4n) is 4.25. The van der Waals surface area contributed by atoms with Crippen molar-refractivity contribution in [3.63, 3.8) is 0 Å². The maximum absolute atomic E-state index is 14.3. The molecule has 16 heteroatoms. The van der Waals surface area contributed by atoms with E-state index in [1.165, 1.54) is 6.92 Å². The third kappa shape index (κ3) is 5.50. The summed E-state index contributed by atoms with van der Waals surface area (Å²) in [5.41, 5.74) is -4.67. The molecule has 2 atom stereocenters. The molecule has 2 heterocycles. The third-order valence-electron chi connectivity index (χ3n) is 5.69. The molecule has 3 aromatic rings. The van der Waals surface area contributed by atoms with Gasteiger partial charge >= 0.3 is 23.7 Å². The maximum Gasteiger partial charge on any atom is 0.420 e. The van der Waals surface area contributed by atoms with Crippen LogP contribution in [0.3, 0.4) is 0 Å². The molecule has 0 spiro atoms. The molecule has 1 aliphatic rings. The van der Waals surface area contributed by atoms with Crippen LogP contribution >= 0.6 is 11.6 Å². The quantitative estimate of drug-likeness (QED) is 0.258. The van der Waals surface area contributed by atoms with Gasteiger partial charge in [0.05, 0.1) is 24.3 Å². The molecule has 0 aliphatic carbocycles. The number of rotatable bonds is 6. The van der Waals surface area contributed by atoms with E-state index in [2.05, 4.69) is 10.2 Å². The molecule has 0 saturated heterocycles. The molecule has 0 radical (unpaired) electrons. The standard InChI is InChI=1S/C23H16ClF8N3O4/c1-2-38-14-5-3-4-11(17(14)23(30,31)32)18-12-8-10(22(27,28)29)6-7-13(12)35-19(15(39-18)9-16(36)37)33-34-20(35)21(24,25)26/h3-8,15,18H,2,9H2,1H3,(H,36,37)/t15-,18-/m1/s1. The number of benzene rings is 2. The van der Waals surface area contributed by atoms with Gasteiger partial charge in [0.25, 0.3) is 0 Å². The van der Waals surface area contributed by atoms with Crippen LogP contribution in [0.25, 0.3) is 5.69 Å². The second-order valence-corrected chi connectivity index (χ2v) is 8.71. The van der Waals surface area contributed by atoms with Gasteiger partial charge in [-0.05, 0) is 42.8 Å². The highest BCUT2D eigenvalue weighted by Crippen LogP contribution is 2.49. The number of ether oxygens (including phenoxy) is 2. The molecule has 4 rings (SSSR count). The predicted molar refractivity (Wildman–Crippen MR) is 117 cm³/mol. The van der Waals surface area contributed by atoms with Crippen molar-refractivity contribution in [1.29, 1.82) is 0 Å². The van der Waals surface area contributed by atoms with Gasteiger partial charge in [0, 0.05) is 11.1 Å². The first-order valence-electron chi connectivity index (χ1n) is 11.0. The predicted octanol–water partition coefficient (Wildman–Crippen LogP) is 6.63. The zero-order chi connectivity index (χ0) is 28.9. The molecule has 0 amide bonds. The minimum atomic E-state index is -5.12. The molecule has 0 bridgehead atoms. The smallest absolute Gasteiger partial charge is 0.420 e. The van der Waals surface area contributed by atoms with Crippen LogP contribution < -0.4 is 4.74 Å². The average Bonchev–Trinajstić information content (AvgIpc) is 3.21. The summed E-state index contributed by atoms with van der Waals surface area (Å²) >= 11 is 5.15. The summed E-state index contributed by atoms with van der Waals surface area (Å²) in [6.45, 7) is 1.20. The lowest BCUT2D eigenvalue weighted by atomic mass is 9.93. The van der Waals surface area contributed by atoms with Crippen molar-refractivity contribution >= 4 is 17.6 Å². The van der Waals surface area contributed by atoms with E-state index in [1.807, 2.05) is 0 Å². The van der Waals surface area contributed by atoms with Crippen LogP contribution in [0.15, 0.2) is 36.4 Å². The van der Waals surface area contributed by atoms with Gasteiger partial charge in [-0.1, -0.05) is 12.1 Å². The van der Waals surface area contributed by atoms with E-state index in [9.17, 15) is 45.0 Å². The number of halogens is 9. The van der Waals surface area contributed by atoms with Gasteiger partial charge in [0.15, 0.2) is 5.82 Å². The number of aliphatic carboxylic acids is 1. The lowest BCUT2D eigenvalue weighted by Gasteiger charge is -2.26. The van der Waals surface area contributed by atoms with Crippen LogP contribution in [-0.4, -0.2) is 32.4 Å². The Morgan fingerprint density at radius 3 is 2.31 bits per heavy atom. The lowest BCUT2D eigenvalue weighted by molar-refractivity contribution is -0.144. The molecule has 1 aliphatic heterocycles. The van der Waals surface area contributed by atoms with Gasteiger partial charge in [-0.3, -0.25) is 9.36 Å². The molecule has 7 nitrogen and oxygen atoms in total. The van der Waals surface area contributed by atoms with Gasteiger partial charge in [0.1, 0.15) is 23.5 Å². The van der Waals surface area contributed by atoms with Crippen molar-refractivity contribution < 1.29 is 54.5 Å². The van der Waals surface area contributed by atoms with E-state index in [0.29, 0.717) is 16.7 Å². The normalized spacial score (nSPS) is 17.8. The minimum Gasteiger partial charge on any atom is -0.493 e. The van der Waals surface area contributed by atoms with Gasteiger partial charge in [-0.2, -0.15) is 35.1 Å². The summed E-state index contributed by atoms with van der Waals surface area (Å²) < 4.78 is 124. The zero-order valence-corrected chi connectivity index (χ0v) is 20.2. The number of hydrogen-bond donors (Lipinski definition) is 1. The Labute approximate surface area is 218 Å². The molecule has 210 valence electrons. The average molecular weight is 586 g/mol. The number of fused-ring (bicyclic) bond motifs is 3. The second-order valence-electron chi connectivity index (χ2n) is 8.24. The Kier molecular flexibility index (Phi) is 7.27. The number of alkyl halides is 9. The van der Waals surface area contributed by atoms with Crippen LogP contribution in [0, 0.1) is 0 Å². The zero-order valence-electron chi connectivity index (χ0n) is 19.4. The molecule has 1 aromatic heterocycles. The number of aromatic nitrogens is 3. The van der Waals surface area contributed by atoms with Gasteiger partial charge in [-0.15, -0.1) is 10.2 Å². The summed E-state index contributed by atoms with van der Waals surface area (Å²) in [5.74, 6) is -4.18. The molecular weight excluding hydrogens is 570 g/mol. The van der Waals surface area contributed by atoms with Gasteiger partial charge < -0.3 is 14.6 Å². The van der Waals surface area contributed by atoms with E-state index in [0.717, 1.165) is 24.3 Å². The number of carboxylic acids is 1. The highest BCUT2D eigenvalue weighted by atomic mass is 35.5. The lowest BCUT2D eigenvalue weighted by Crippen LogP contribution is -2.19. The van der Waals surface area contributed by atoms with E-state index in [4.69, 9.17) is 21.1 Å². The molecule has 1 N–H and O–H groups in total. The van der Waals surface area contributed by atoms with Crippen molar-refractivity contribution in [1.82, 2.24) is 14.8 Å².